The highest BCUT2D eigenvalue weighted by Crippen LogP contribution is 2.39. The van der Waals surface area contributed by atoms with Crippen LogP contribution in [0.2, 0.25) is 0 Å². The second-order valence-corrected chi connectivity index (χ2v) is 5.96. The third kappa shape index (κ3) is 1.38. The number of nitrogens with one attached hydrogen (secondary N) is 1. The Kier molecular flexibility index (Phi) is 2.21. The Morgan fingerprint density at radius 1 is 0.591 bits per heavy atom. The Labute approximate surface area is 128 Å². The smallest absolute Gasteiger partial charge is 0.0551 e. The molecule has 5 rings (SSSR count). The maximum absolute atomic E-state index is 3.65. The normalized spacial score (nSPS) is 11.9. The summed E-state index contributed by atoms with van der Waals surface area (Å²) in [6, 6.07) is 23.9. The molecule has 0 amide bonds. The van der Waals surface area contributed by atoms with Crippen LogP contribution < -0.4 is 0 Å². The summed E-state index contributed by atoms with van der Waals surface area (Å²) in [4.78, 5) is 3.65. The Morgan fingerprint density at radius 2 is 1.23 bits per heavy atom. The van der Waals surface area contributed by atoms with Crippen LogP contribution in [0.25, 0.3) is 43.4 Å². The predicted molar refractivity (Wildman–Crippen MR) is 95.6 cm³/mol. The van der Waals surface area contributed by atoms with Crippen LogP contribution in [-0.2, 0) is 0 Å². The molecule has 5 aromatic rings. The van der Waals surface area contributed by atoms with Crippen LogP contribution >= 0.6 is 0 Å². The van der Waals surface area contributed by atoms with Crippen LogP contribution in [-0.4, -0.2) is 4.98 Å². The van der Waals surface area contributed by atoms with Gasteiger partial charge < -0.3 is 4.98 Å². The van der Waals surface area contributed by atoms with Gasteiger partial charge in [-0.1, -0.05) is 60.7 Å². The molecule has 104 valence electrons. The van der Waals surface area contributed by atoms with Gasteiger partial charge in [-0.25, -0.2) is 0 Å². The molecule has 1 heterocycles. The van der Waals surface area contributed by atoms with Crippen molar-refractivity contribution in [1.29, 1.82) is 0 Å². The van der Waals surface area contributed by atoms with Crippen molar-refractivity contribution < 1.29 is 0 Å². The van der Waals surface area contributed by atoms with Crippen LogP contribution in [0, 0.1) is 6.92 Å². The average molecular weight is 281 g/mol. The van der Waals surface area contributed by atoms with Gasteiger partial charge in [-0.15, -0.1) is 0 Å². The molecule has 0 saturated heterocycles. The standard InChI is InChI=1S/C21H15N/c1-13-7-6-12-18-19(13)20-16-10-4-2-8-14(16)15-9-3-5-11-17(15)21(20)22-18/h2-12,22H,1H3. The molecule has 0 saturated carbocycles. The van der Waals surface area contributed by atoms with Gasteiger partial charge in [-0.05, 0) is 34.7 Å². The Morgan fingerprint density at radius 3 is 2.00 bits per heavy atom. The molecule has 1 N–H and O–H groups in total. The summed E-state index contributed by atoms with van der Waals surface area (Å²) >= 11 is 0. The maximum Gasteiger partial charge on any atom is 0.0551 e. The zero-order chi connectivity index (χ0) is 14.7. The minimum atomic E-state index is 1.22. The van der Waals surface area contributed by atoms with Crippen molar-refractivity contribution in [2.45, 2.75) is 6.92 Å². The lowest BCUT2D eigenvalue weighted by Crippen LogP contribution is -1.81. The van der Waals surface area contributed by atoms with Gasteiger partial charge in [0.05, 0.1) is 5.52 Å². The van der Waals surface area contributed by atoms with Crippen LogP contribution in [0.15, 0.2) is 66.7 Å². The first-order chi connectivity index (χ1) is 10.8. The quantitative estimate of drug-likeness (QED) is 0.338. The van der Waals surface area contributed by atoms with Gasteiger partial charge >= 0.3 is 0 Å². The first-order valence-electron chi connectivity index (χ1n) is 7.65. The molecule has 1 heteroatoms. The van der Waals surface area contributed by atoms with E-state index in [2.05, 4.69) is 78.6 Å². The van der Waals surface area contributed by atoms with Crippen molar-refractivity contribution in [3.05, 3.63) is 72.3 Å². The van der Waals surface area contributed by atoms with E-state index in [9.17, 15) is 0 Å². The first kappa shape index (κ1) is 11.8. The van der Waals surface area contributed by atoms with Crippen LogP contribution in [0.3, 0.4) is 0 Å². The third-order valence-corrected chi connectivity index (χ3v) is 4.72. The molecule has 1 aromatic heterocycles. The number of rotatable bonds is 0. The summed E-state index contributed by atoms with van der Waals surface area (Å²) in [7, 11) is 0. The monoisotopic (exact) mass is 281 g/mol. The fourth-order valence-corrected chi connectivity index (χ4v) is 3.77. The Hall–Kier alpha value is -2.80. The number of hydrogen-bond acceptors (Lipinski definition) is 0. The highest BCUT2D eigenvalue weighted by molar-refractivity contribution is 6.31. The fraction of sp³-hybridized carbons (Fsp3) is 0.0476. The fourth-order valence-electron chi connectivity index (χ4n) is 3.77. The predicted octanol–water partition coefficient (Wildman–Crippen LogP) is 5.94. The lowest BCUT2D eigenvalue weighted by atomic mass is 9.96. The number of aromatic amines is 1. The molecule has 1 nitrogen and oxygen atoms in total. The van der Waals surface area contributed by atoms with Crippen LogP contribution in [0.5, 0.6) is 0 Å². The lowest BCUT2D eigenvalue weighted by Gasteiger charge is -2.07. The summed E-state index contributed by atoms with van der Waals surface area (Å²) < 4.78 is 0. The van der Waals surface area contributed by atoms with Crippen molar-refractivity contribution in [2.24, 2.45) is 0 Å². The highest BCUT2D eigenvalue weighted by Gasteiger charge is 2.13. The van der Waals surface area contributed by atoms with E-state index in [1.807, 2.05) is 0 Å². The average Bonchev–Trinajstić information content (AvgIpc) is 2.96. The van der Waals surface area contributed by atoms with E-state index in [4.69, 9.17) is 0 Å². The van der Waals surface area contributed by atoms with Crippen LogP contribution in [0.1, 0.15) is 5.56 Å². The second kappa shape index (κ2) is 4.11. The largest absolute Gasteiger partial charge is 0.354 e. The Bertz CT molecular complexity index is 1180. The van der Waals surface area contributed by atoms with Gasteiger partial charge in [0.2, 0.25) is 0 Å². The van der Waals surface area contributed by atoms with E-state index in [1.165, 1.54) is 48.9 Å². The third-order valence-electron chi connectivity index (χ3n) is 4.72. The van der Waals surface area contributed by atoms with Gasteiger partial charge in [0.1, 0.15) is 0 Å². The number of aryl methyl sites for hydroxylation is 1. The molecular formula is C21H15N. The van der Waals surface area contributed by atoms with E-state index in [1.54, 1.807) is 0 Å². The van der Waals surface area contributed by atoms with Gasteiger partial charge in [-0.3, -0.25) is 0 Å². The second-order valence-electron chi connectivity index (χ2n) is 5.96. The molecule has 0 spiro atoms. The minimum absolute atomic E-state index is 1.22. The highest BCUT2D eigenvalue weighted by atomic mass is 14.7. The molecule has 0 unspecified atom stereocenters. The van der Waals surface area contributed by atoms with Gasteiger partial charge in [0.15, 0.2) is 0 Å². The molecule has 0 aliphatic carbocycles. The molecule has 0 fully saturated rings. The van der Waals surface area contributed by atoms with Gasteiger partial charge in [-0.2, -0.15) is 0 Å². The number of hydrogen-bond donors (Lipinski definition) is 1. The molecule has 0 bridgehead atoms. The van der Waals surface area contributed by atoms with E-state index < -0.39 is 0 Å². The van der Waals surface area contributed by atoms with E-state index in [-0.39, 0.29) is 0 Å². The molecule has 0 radical (unpaired) electrons. The molecule has 0 aliphatic rings. The topological polar surface area (TPSA) is 15.8 Å². The van der Waals surface area contributed by atoms with Crippen molar-refractivity contribution in [1.82, 2.24) is 4.98 Å². The van der Waals surface area contributed by atoms with E-state index >= 15 is 0 Å². The molecule has 0 aliphatic heterocycles. The lowest BCUT2D eigenvalue weighted by molar-refractivity contribution is 1.51. The summed E-state index contributed by atoms with van der Waals surface area (Å²) in [5, 5.41) is 7.97. The zero-order valence-electron chi connectivity index (χ0n) is 12.4. The van der Waals surface area contributed by atoms with Crippen molar-refractivity contribution >= 4 is 43.4 Å². The molecule has 22 heavy (non-hydrogen) atoms. The van der Waals surface area contributed by atoms with Crippen molar-refractivity contribution in [3.63, 3.8) is 0 Å². The number of fused-ring (bicyclic) bond motifs is 8. The first-order valence-corrected chi connectivity index (χ1v) is 7.65. The van der Waals surface area contributed by atoms with E-state index in [0.717, 1.165) is 0 Å². The number of aromatic nitrogens is 1. The van der Waals surface area contributed by atoms with Crippen LogP contribution in [0.4, 0.5) is 0 Å². The zero-order valence-corrected chi connectivity index (χ0v) is 12.4. The van der Waals surface area contributed by atoms with Gasteiger partial charge in [0.25, 0.3) is 0 Å². The minimum Gasteiger partial charge on any atom is -0.354 e. The molecule has 4 aromatic carbocycles. The van der Waals surface area contributed by atoms with E-state index in [0.29, 0.717) is 0 Å². The molecular weight excluding hydrogens is 266 g/mol. The number of benzene rings is 4. The molecule has 0 atom stereocenters. The maximum atomic E-state index is 3.65. The summed E-state index contributed by atoms with van der Waals surface area (Å²) in [5.74, 6) is 0. The van der Waals surface area contributed by atoms with Gasteiger partial charge in [0, 0.05) is 21.7 Å². The summed E-state index contributed by atoms with van der Waals surface area (Å²) in [5.41, 5.74) is 3.79. The number of H-pyrrole nitrogens is 1. The van der Waals surface area contributed by atoms with Crippen molar-refractivity contribution in [2.75, 3.05) is 0 Å². The van der Waals surface area contributed by atoms with Crippen molar-refractivity contribution in [3.8, 4) is 0 Å². The summed E-state index contributed by atoms with van der Waals surface area (Å²) in [6.45, 7) is 2.19. The SMILES string of the molecule is Cc1cccc2[nH]c3c4ccccc4c4ccccc4c3c12. The summed E-state index contributed by atoms with van der Waals surface area (Å²) in [6.07, 6.45) is 0. The Balaban J connectivity index is 2.26.